The van der Waals surface area contributed by atoms with Gasteiger partial charge in [0.25, 0.3) is 0 Å². The minimum absolute atomic E-state index is 0.0334. The van der Waals surface area contributed by atoms with Crippen LogP contribution in [0, 0.1) is 0 Å². The van der Waals surface area contributed by atoms with Crippen molar-refractivity contribution in [2.45, 2.75) is 24.7 Å². The van der Waals surface area contributed by atoms with E-state index in [1.54, 1.807) is 18.2 Å². The Labute approximate surface area is 105 Å². The summed E-state index contributed by atoms with van der Waals surface area (Å²) in [6, 6.07) is 7.27. The van der Waals surface area contributed by atoms with Crippen molar-refractivity contribution in [1.82, 2.24) is 0 Å². The SMILES string of the molecule is O=C(O)CC=Cc1cccc(C2(C(=O)O)CC2)c1. The number of hydrogen-bond acceptors (Lipinski definition) is 2. The van der Waals surface area contributed by atoms with Crippen molar-refractivity contribution in [3.63, 3.8) is 0 Å². The van der Waals surface area contributed by atoms with Crippen molar-refractivity contribution in [3.05, 3.63) is 41.5 Å². The Morgan fingerprint density at radius 3 is 2.56 bits per heavy atom. The third-order valence-electron chi connectivity index (χ3n) is 3.20. The van der Waals surface area contributed by atoms with Gasteiger partial charge in [0.1, 0.15) is 0 Å². The van der Waals surface area contributed by atoms with Crippen molar-refractivity contribution in [2.75, 3.05) is 0 Å². The normalized spacial score (nSPS) is 16.7. The first kappa shape index (κ1) is 12.4. The second-order valence-corrected chi connectivity index (χ2v) is 4.51. The van der Waals surface area contributed by atoms with Gasteiger partial charge in [0.2, 0.25) is 0 Å². The average Bonchev–Trinajstić information content (AvgIpc) is 3.10. The minimum Gasteiger partial charge on any atom is -0.481 e. The lowest BCUT2D eigenvalue weighted by atomic mass is 9.94. The Kier molecular flexibility index (Phi) is 3.19. The van der Waals surface area contributed by atoms with Gasteiger partial charge in [-0.05, 0) is 24.0 Å². The van der Waals surface area contributed by atoms with Crippen LogP contribution in [0.3, 0.4) is 0 Å². The van der Waals surface area contributed by atoms with E-state index in [0.717, 1.165) is 11.1 Å². The Bertz CT molecular complexity index is 512. The molecule has 4 heteroatoms. The summed E-state index contributed by atoms with van der Waals surface area (Å²) in [5.74, 6) is -1.67. The van der Waals surface area contributed by atoms with Gasteiger partial charge in [-0.25, -0.2) is 0 Å². The maximum Gasteiger partial charge on any atom is 0.314 e. The fourth-order valence-corrected chi connectivity index (χ4v) is 1.99. The van der Waals surface area contributed by atoms with Gasteiger partial charge >= 0.3 is 11.9 Å². The van der Waals surface area contributed by atoms with E-state index in [0.29, 0.717) is 12.8 Å². The van der Waals surface area contributed by atoms with Crippen LogP contribution in [-0.2, 0) is 15.0 Å². The van der Waals surface area contributed by atoms with Crippen LogP contribution in [0.25, 0.3) is 6.08 Å². The summed E-state index contributed by atoms with van der Waals surface area (Å²) in [7, 11) is 0. The second kappa shape index (κ2) is 4.64. The molecule has 1 fully saturated rings. The monoisotopic (exact) mass is 246 g/mol. The van der Waals surface area contributed by atoms with Crippen LogP contribution in [0.15, 0.2) is 30.3 Å². The summed E-state index contributed by atoms with van der Waals surface area (Å²) in [6.07, 6.45) is 4.57. The first-order valence-electron chi connectivity index (χ1n) is 5.77. The van der Waals surface area contributed by atoms with E-state index < -0.39 is 17.4 Å². The number of carbonyl (C=O) groups is 2. The third-order valence-corrected chi connectivity index (χ3v) is 3.20. The molecule has 94 valence electrons. The van der Waals surface area contributed by atoms with Crippen LogP contribution >= 0.6 is 0 Å². The summed E-state index contributed by atoms with van der Waals surface area (Å²) in [6.45, 7) is 0. The molecule has 4 nitrogen and oxygen atoms in total. The lowest BCUT2D eigenvalue weighted by Crippen LogP contribution is -2.19. The molecule has 18 heavy (non-hydrogen) atoms. The van der Waals surface area contributed by atoms with E-state index in [2.05, 4.69) is 0 Å². The van der Waals surface area contributed by atoms with Crippen LogP contribution in [0.1, 0.15) is 30.4 Å². The fourth-order valence-electron chi connectivity index (χ4n) is 1.99. The van der Waals surface area contributed by atoms with Gasteiger partial charge in [0, 0.05) is 0 Å². The molecule has 1 aliphatic rings. The zero-order valence-corrected chi connectivity index (χ0v) is 9.80. The molecule has 0 atom stereocenters. The Morgan fingerprint density at radius 1 is 1.28 bits per heavy atom. The highest BCUT2D eigenvalue weighted by Gasteiger charge is 2.51. The fraction of sp³-hybridized carbons (Fsp3) is 0.286. The Hall–Kier alpha value is -2.10. The van der Waals surface area contributed by atoms with Gasteiger partial charge in [0.05, 0.1) is 11.8 Å². The predicted molar refractivity (Wildman–Crippen MR) is 66.3 cm³/mol. The number of carboxylic acid groups (broad SMARTS) is 2. The quantitative estimate of drug-likeness (QED) is 0.835. The van der Waals surface area contributed by atoms with Crippen LogP contribution in [0.5, 0.6) is 0 Å². The molecular formula is C14H14O4. The van der Waals surface area contributed by atoms with Gasteiger partial charge in [-0.3, -0.25) is 9.59 Å². The van der Waals surface area contributed by atoms with Gasteiger partial charge in [-0.15, -0.1) is 0 Å². The summed E-state index contributed by atoms with van der Waals surface area (Å²) in [5.41, 5.74) is 0.921. The van der Waals surface area contributed by atoms with Gasteiger partial charge in [-0.2, -0.15) is 0 Å². The third kappa shape index (κ3) is 2.42. The highest BCUT2D eigenvalue weighted by molar-refractivity contribution is 5.85. The minimum atomic E-state index is -0.883. The molecule has 0 aliphatic heterocycles. The highest BCUT2D eigenvalue weighted by atomic mass is 16.4. The van der Waals surface area contributed by atoms with Crippen molar-refractivity contribution in [3.8, 4) is 0 Å². The zero-order valence-electron chi connectivity index (χ0n) is 9.80. The number of aliphatic carboxylic acids is 2. The largest absolute Gasteiger partial charge is 0.481 e. The number of hydrogen-bond donors (Lipinski definition) is 2. The van der Waals surface area contributed by atoms with Gasteiger partial charge in [0.15, 0.2) is 0 Å². The first-order chi connectivity index (χ1) is 8.54. The van der Waals surface area contributed by atoms with Crippen LogP contribution in [-0.4, -0.2) is 22.2 Å². The lowest BCUT2D eigenvalue weighted by molar-refractivity contribution is -0.140. The molecule has 0 radical (unpaired) electrons. The molecule has 0 aromatic heterocycles. The van der Waals surface area contributed by atoms with Crippen molar-refractivity contribution < 1.29 is 19.8 Å². The van der Waals surface area contributed by atoms with Crippen molar-refractivity contribution in [2.24, 2.45) is 0 Å². The molecular weight excluding hydrogens is 232 g/mol. The summed E-state index contributed by atoms with van der Waals surface area (Å²) in [4.78, 5) is 21.6. The molecule has 1 saturated carbocycles. The zero-order chi connectivity index (χ0) is 13.2. The topological polar surface area (TPSA) is 74.6 Å². The molecule has 0 spiro atoms. The standard InChI is InChI=1S/C14H14O4/c15-12(16)6-2-4-10-3-1-5-11(9-10)14(7-8-14)13(17)18/h1-5,9H,6-8H2,(H,15,16)(H,17,18). The molecule has 0 saturated heterocycles. The summed E-state index contributed by atoms with van der Waals surface area (Å²) >= 11 is 0. The number of carboxylic acids is 2. The lowest BCUT2D eigenvalue weighted by Gasteiger charge is -2.10. The van der Waals surface area contributed by atoms with Crippen LogP contribution in [0.2, 0.25) is 0 Å². The van der Waals surface area contributed by atoms with Crippen molar-refractivity contribution in [1.29, 1.82) is 0 Å². The molecule has 1 aromatic rings. The molecule has 2 N–H and O–H groups in total. The highest BCUT2D eigenvalue weighted by Crippen LogP contribution is 2.48. The van der Waals surface area contributed by atoms with Crippen LogP contribution < -0.4 is 0 Å². The van der Waals surface area contributed by atoms with E-state index in [4.69, 9.17) is 5.11 Å². The smallest absolute Gasteiger partial charge is 0.314 e. The predicted octanol–water partition coefficient (Wildman–Crippen LogP) is 2.29. The van der Waals surface area contributed by atoms with Crippen LogP contribution in [0.4, 0.5) is 0 Å². The van der Waals surface area contributed by atoms with E-state index in [1.165, 1.54) is 0 Å². The number of benzene rings is 1. The van der Waals surface area contributed by atoms with E-state index in [9.17, 15) is 14.7 Å². The first-order valence-corrected chi connectivity index (χ1v) is 5.77. The Morgan fingerprint density at radius 2 is 2.00 bits per heavy atom. The maximum absolute atomic E-state index is 11.2. The van der Waals surface area contributed by atoms with E-state index in [-0.39, 0.29) is 6.42 Å². The number of rotatable bonds is 5. The molecule has 0 bridgehead atoms. The molecule has 1 aromatic carbocycles. The Balaban J connectivity index is 2.18. The molecule has 0 unspecified atom stereocenters. The molecule has 0 heterocycles. The summed E-state index contributed by atoms with van der Waals surface area (Å²) in [5, 5.41) is 17.7. The second-order valence-electron chi connectivity index (χ2n) is 4.51. The maximum atomic E-state index is 11.2. The van der Waals surface area contributed by atoms with E-state index >= 15 is 0 Å². The van der Waals surface area contributed by atoms with Gasteiger partial charge < -0.3 is 10.2 Å². The molecule has 1 aliphatic carbocycles. The van der Waals surface area contributed by atoms with Crippen molar-refractivity contribution >= 4 is 18.0 Å². The molecule has 0 amide bonds. The average molecular weight is 246 g/mol. The summed E-state index contributed by atoms with van der Waals surface area (Å²) < 4.78 is 0. The molecule has 2 rings (SSSR count). The van der Waals surface area contributed by atoms with E-state index in [1.807, 2.05) is 18.2 Å². The van der Waals surface area contributed by atoms with Gasteiger partial charge in [-0.1, -0.05) is 36.4 Å².